The molecule has 136 valence electrons. The molecule has 1 N–H and O–H groups in total. The molecule has 0 amide bonds. The van der Waals surface area contributed by atoms with Crippen LogP contribution >= 0.6 is 23.2 Å². The lowest BCUT2D eigenvalue weighted by molar-refractivity contribution is 0.414. The van der Waals surface area contributed by atoms with E-state index in [9.17, 15) is 8.42 Å². The lowest BCUT2D eigenvalue weighted by Crippen LogP contribution is -2.12. The minimum atomic E-state index is -3.73. The van der Waals surface area contributed by atoms with Crippen LogP contribution in [0.1, 0.15) is 5.56 Å². The van der Waals surface area contributed by atoms with Gasteiger partial charge in [-0.25, -0.2) is 8.42 Å². The summed E-state index contributed by atoms with van der Waals surface area (Å²) in [6, 6.07) is 11.3. The molecule has 9 heteroatoms. The first-order chi connectivity index (χ1) is 12.4. The molecule has 0 atom stereocenters. The number of sulfonamides is 1. The van der Waals surface area contributed by atoms with Gasteiger partial charge in [0.1, 0.15) is 5.75 Å². The fourth-order valence-electron chi connectivity index (χ4n) is 2.32. The van der Waals surface area contributed by atoms with Crippen LogP contribution in [0.15, 0.2) is 59.8 Å². The van der Waals surface area contributed by atoms with E-state index in [2.05, 4.69) is 9.82 Å². The second-order valence-electron chi connectivity index (χ2n) is 5.41. The van der Waals surface area contributed by atoms with Crippen LogP contribution in [0.25, 0.3) is 0 Å². The second-order valence-corrected chi connectivity index (χ2v) is 7.90. The highest BCUT2D eigenvalue weighted by Gasteiger charge is 2.15. The van der Waals surface area contributed by atoms with Gasteiger partial charge in [-0.1, -0.05) is 29.3 Å². The number of rotatable bonds is 6. The molecule has 0 spiro atoms. The Morgan fingerprint density at radius 1 is 1.12 bits per heavy atom. The molecule has 1 aromatic heterocycles. The van der Waals surface area contributed by atoms with Crippen LogP contribution in [0.5, 0.6) is 5.75 Å². The van der Waals surface area contributed by atoms with Crippen molar-refractivity contribution in [2.45, 2.75) is 11.4 Å². The summed E-state index contributed by atoms with van der Waals surface area (Å²) in [6.45, 7) is 0.322. The van der Waals surface area contributed by atoms with Crippen molar-refractivity contribution < 1.29 is 13.2 Å². The zero-order valence-electron chi connectivity index (χ0n) is 13.7. The predicted molar refractivity (Wildman–Crippen MR) is 102 cm³/mol. The van der Waals surface area contributed by atoms with E-state index in [0.717, 1.165) is 0 Å². The van der Waals surface area contributed by atoms with Crippen LogP contribution in [0, 0.1) is 0 Å². The Balaban J connectivity index is 1.77. The minimum Gasteiger partial charge on any atom is -0.497 e. The molecular formula is C17H15Cl2N3O3S. The largest absolute Gasteiger partial charge is 0.497 e. The van der Waals surface area contributed by atoms with Gasteiger partial charge in [0.2, 0.25) is 0 Å². The van der Waals surface area contributed by atoms with Gasteiger partial charge in [-0.15, -0.1) is 0 Å². The van der Waals surface area contributed by atoms with Crippen LogP contribution in [0.3, 0.4) is 0 Å². The highest BCUT2D eigenvalue weighted by molar-refractivity contribution is 7.92. The van der Waals surface area contributed by atoms with Gasteiger partial charge < -0.3 is 4.74 Å². The summed E-state index contributed by atoms with van der Waals surface area (Å²) >= 11 is 12.3. The topological polar surface area (TPSA) is 73.2 Å². The molecule has 0 unspecified atom stereocenters. The van der Waals surface area contributed by atoms with Crippen molar-refractivity contribution in [3.05, 3.63) is 70.5 Å². The molecule has 0 fully saturated rings. The molecule has 0 aliphatic carbocycles. The number of methoxy groups -OCH3 is 1. The number of halogens is 2. The third kappa shape index (κ3) is 4.12. The van der Waals surface area contributed by atoms with Gasteiger partial charge in [0.25, 0.3) is 10.0 Å². The zero-order valence-corrected chi connectivity index (χ0v) is 16.0. The first-order valence-corrected chi connectivity index (χ1v) is 9.75. The quantitative estimate of drug-likeness (QED) is 0.663. The van der Waals surface area contributed by atoms with E-state index < -0.39 is 10.0 Å². The van der Waals surface area contributed by atoms with Crippen LogP contribution < -0.4 is 9.46 Å². The molecular weight excluding hydrogens is 397 g/mol. The van der Waals surface area contributed by atoms with E-state index in [1.54, 1.807) is 41.2 Å². The second kappa shape index (κ2) is 7.57. The number of aromatic nitrogens is 2. The SMILES string of the molecule is COc1ccc(S(=O)(=O)Nc2cnn(Cc3c(Cl)cccc3Cl)c2)cc1. The Bertz CT molecular complexity index is 998. The number of ether oxygens (including phenoxy) is 1. The highest BCUT2D eigenvalue weighted by atomic mass is 35.5. The lowest BCUT2D eigenvalue weighted by Gasteiger charge is -2.08. The number of anilines is 1. The Kier molecular flexibility index (Phi) is 5.41. The summed E-state index contributed by atoms with van der Waals surface area (Å²) in [4.78, 5) is 0.125. The van der Waals surface area contributed by atoms with E-state index in [0.29, 0.717) is 33.6 Å². The van der Waals surface area contributed by atoms with Crippen LogP contribution in [-0.4, -0.2) is 25.3 Å². The molecule has 0 radical (unpaired) electrons. The molecule has 0 aliphatic heterocycles. The minimum absolute atomic E-state index is 0.125. The van der Waals surface area contributed by atoms with Crippen molar-refractivity contribution in [3.63, 3.8) is 0 Å². The van der Waals surface area contributed by atoms with Crippen LogP contribution in [0.2, 0.25) is 10.0 Å². The Morgan fingerprint density at radius 2 is 1.77 bits per heavy atom. The average Bonchev–Trinajstić information content (AvgIpc) is 3.05. The number of hydrogen-bond acceptors (Lipinski definition) is 4. The van der Waals surface area contributed by atoms with Gasteiger partial charge in [0, 0.05) is 21.8 Å². The Morgan fingerprint density at radius 3 is 2.38 bits per heavy atom. The van der Waals surface area contributed by atoms with E-state index in [1.807, 2.05) is 0 Å². The van der Waals surface area contributed by atoms with Crippen LogP contribution in [0.4, 0.5) is 5.69 Å². The van der Waals surface area contributed by atoms with E-state index in [-0.39, 0.29) is 4.90 Å². The Hall–Kier alpha value is -2.22. The summed E-state index contributed by atoms with van der Waals surface area (Å²) in [5, 5.41) is 5.19. The maximum Gasteiger partial charge on any atom is 0.261 e. The van der Waals surface area contributed by atoms with Gasteiger partial charge in [-0.2, -0.15) is 5.10 Å². The van der Waals surface area contributed by atoms with Gasteiger partial charge in [-0.3, -0.25) is 9.40 Å². The number of hydrogen-bond donors (Lipinski definition) is 1. The number of nitrogens with zero attached hydrogens (tertiary/aromatic N) is 2. The summed E-state index contributed by atoms with van der Waals surface area (Å²) < 4.78 is 34.0. The van der Waals surface area contributed by atoms with Crippen molar-refractivity contribution in [1.29, 1.82) is 0 Å². The van der Waals surface area contributed by atoms with Crippen molar-refractivity contribution in [3.8, 4) is 5.75 Å². The number of benzene rings is 2. The average molecular weight is 412 g/mol. The zero-order chi connectivity index (χ0) is 18.7. The third-order valence-corrected chi connectivity index (χ3v) is 5.74. The molecule has 2 aromatic carbocycles. The first kappa shape index (κ1) is 18.6. The van der Waals surface area contributed by atoms with E-state index >= 15 is 0 Å². The molecule has 3 aromatic rings. The molecule has 0 saturated carbocycles. The van der Waals surface area contributed by atoms with Gasteiger partial charge >= 0.3 is 0 Å². The summed E-state index contributed by atoms with van der Waals surface area (Å²) in [7, 11) is -2.21. The van der Waals surface area contributed by atoms with Crippen LogP contribution in [-0.2, 0) is 16.6 Å². The molecule has 3 rings (SSSR count). The standard InChI is InChI=1S/C17H15Cl2N3O3S/c1-25-13-5-7-14(8-6-13)26(23,24)21-12-9-20-22(10-12)11-15-16(18)3-2-4-17(15)19/h2-10,21H,11H2,1H3. The van der Waals surface area contributed by atoms with Crippen molar-refractivity contribution in [2.24, 2.45) is 0 Å². The lowest BCUT2D eigenvalue weighted by atomic mass is 10.2. The number of nitrogens with one attached hydrogen (secondary N) is 1. The fourth-order valence-corrected chi connectivity index (χ4v) is 3.86. The highest BCUT2D eigenvalue weighted by Crippen LogP contribution is 2.25. The Labute approximate surface area is 161 Å². The molecule has 1 heterocycles. The monoisotopic (exact) mass is 411 g/mol. The van der Waals surface area contributed by atoms with Gasteiger partial charge in [0.05, 0.1) is 30.4 Å². The van der Waals surface area contributed by atoms with Crippen molar-refractivity contribution in [2.75, 3.05) is 11.8 Å². The fraction of sp³-hybridized carbons (Fsp3) is 0.118. The molecule has 26 heavy (non-hydrogen) atoms. The molecule has 0 bridgehead atoms. The summed E-state index contributed by atoms with van der Waals surface area (Å²) in [5.74, 6) is 0.577. The molecule has 0 saturated heterocycles. The van der Waals surface area contributed by atoms with E-state index in [1.165, 1.54) is 25.4 Å². The maximum atomic E-state index is 12.4. The third-order valence-electron chi connectivity index (χ3n) is 3.64. The predicted octanol–water partition coefficient (Wildman–Crippen LogP) is 4.05. The van der Waals surface area contributed by atoms with Gasteiger partial charge in [-0.05, 0) is 36.4 Å². The van der Waals surface area contributed by atoms with Gasteiger partial charge in [0.15, 0.2) is 0 Å². The summed E-state index contributed by atoms with van der Waals surface area (Å²) in [5.41, 5.74) is 1.05. The first-order valence-electron chi connectivity index (χ1n) is 7.51. The molecule has 0 aliphatic rings. The van der Waals surface area contributed by atoms with E-state index in [4.69, 9.17) is 27.9 Å². The van der Waals surface area contributed by atoms with Crippen molar-refractivity contribution in [1.82, 2.24) is 9.78 Å². The molecule has 6 nitrogen and oxygen atoms in total. The van der Waals surface area contributed by atoms with Crippen molar-refractivity contribution >= 4 is 38.9 Å². The normalized spacial score (nSPS) is 11.3. The maximum absolute atomic E-state index is 12.4. The smallest absolute Gasteiger partial charge is 0.261 e. The summed E-state index contributed by atoms with van der Waals surface area (Å²) in [6.07, 6.45) is 2.99.